The molecule has 0 fully saturated rings. The van der Waals surface area contributed by atoms with Crippen molar-refractivity contribution in [1.29, 1.82) is 0 Å². The number of hydrogen-bond acceptors (Lipinski definition) is 4. The van der Waals surface area contributed by atoms with Crippen molar-refractivity contribution in [2.24, 2.45) is 0 Å². The third-order valence-electron chi connectivity index (χ3n) is 4.14. The van der Waals surface area contributed by atoms with Gasteiger partial charge in [-0.2, -0.15) is 13.2 Å². The molecule has 0 aliphatic carbocycles. The van der Waals surface area contributed by atoms with Gasteiger partial charge in [-0.15, -0.1) is 0 Å². The maximum absolute atomic E-state index is 14.0. The molecule has 2 N–H and O–H groups in total. The average molecular weight is 393 g/mol. The summed E-state index contributed by atoms with van der Waals surface area (Å²) in [4.78, 5) is 23.6. The number of allylic oxidation sites excluding steroid dienone is 1. The standard InChI is InChI=1S/C16H9F6NO4/c17-3-8-11(14(24)25)10(12-9(23-8)4-27-15(12)26)6-1-5(18)2-7(19)13(6)16(20,21)22/h1-2,10,23H,3-4H2,(H,24,25). The molecule has 0 amide bonds. The van der Waals surface area contributed by atoms with Gasteiger partial charge in [0.2, 0.25) is 0 Å². The van der Waals surface area contributed by atoms with Crippen molar-refractivity contribution >= 4 is 11.9 Å². The number of benzene rings is 1. The van der Waals surface area contributed by atoms with Crippen molar-refractivity contribution in [3.8, 4) is 0 Å². The van der Waals surface area contributed by atoms with Crippen LogP contribution in [0, 0.1) is 11.6 Å². The molecule has 1 atom stereocenters. The van der Waals surface area contributed by atoms with E-state index in [1.54, 1.807) is 0 Å². The lowest BCUT2D eigenvalue weighted by Gasteiger charge is -2.28. The molecule has 0 saturated heterocycles. The minimum atomic E-state index is -5.33. The van der Waals surface area contributed by atoms with Crippen molar-refractivity contribution in [3.05, 3.63) is 57.4 Å². The van der Waals surface area contributed by atoms with Crippen LogP contribution in [0.5, 0.6) is 0 Å². The quantitative estimate of drug-likeness (QED) is 0.610. The summed E-state index contributed by atoms with van der Waals surface area (Å²) in [5, 5.41) is 11.7. The van der Waals surface area contributed by atoms with E-state index < -0.39 is 76.9 Å². The molecule has 2 aliphatic heterocycles. The van der Waals surface area contributed by atoms with E-state index in [0.29, 0.717) is 0 Å². The lowest BCUT2D eigenvalue weighted by atomic mass is 9.78. The zero-order valence-electron chi connectivity index (χ0n) is 13.1. The van der Waals surface area contributed by atoms with Crippen LogP contribution in [-0.2, 0) is 20.5 Å². The Kier molecular flexibility index (Phi) is 4.40. The average Bonchev–Trinajstić information content (AvgIpc) is 2.91. The first kappa shape index (κ1) is 18.8. The van der Waals surface area contributed by atoms with Gasteiger partial charge in [0.1, 0.15) is 24.9 Å². The molecule has 27 heavy (non-hydrogen) atoms. The molecule has 0 bridgehead atoms. The van der Waals surface area contributed by atoms with Crippen LogP contribution in [0.25, 0.3) is 0 Å². The molecule has 0 radical (unpaired) electrons. The van der Waals surface area contributed by atoms with Crippen molar-refractivity contribution in [3.63, 3.8) is 0 Å². The van der Waals surface area contributed by atoms with Gasteiger partial charge >= 0.3 is 18.1 Å². The van der Waals surface area contributed by atoms with E-state index in [1.165, 1.54) is 0 Å². The number of rotatable bonds is 3. The molecule has 144 valence electrons. The van der Waals surface area contributed by atoms with Gasteiger partial charge in [0, 0.05) is 6.07 Å². The van der Waals surface area contributed by atoms with E-state index in [1.807, 2.05) is 0 Å². The number of alkyl halides is 4. The summed E-state index contributed by atoms with van der Waals surface area (Å²) >= 11 is 0. The molecule has 0 saturated carbocycles. The molecular weight excluding hydrogens is 384 g/mol. The van der Waals surface area contributed by atoms with E-state index in [2.05, 4.69) is 10.1 Å². The number of dihydropyridines is 1. The first-order valence-corrected chi connectivity index (χ1v) is 7.31. The zero-order chi connectivity index (χ0) is 20.1. The van der Waals surface area contributed by atoms with E-state index in [-0.39, 0.29) is 17.8 Å². The van der Waals surface area contributed by atoms with Crippen LogP contribution in [0.3, 0.4) is 0 Å². The molecule has 1 aromatic carbocycles. The van der Waals surface area contributed by atoms with E-state index in [0.717, 1.165) is 0 Å². The van der Waals surface area contributed by atoms with Gasteiger partial charge < -0.3 is 15.2 Å². The van der Waals surface area contributed by atoms with Crippen LogP contribution < -0.4 is 5.32 Å². The van der Waals surface area contributed by atoms with Gasteiger partial charge in [0.15, 0.2) is 0 Å². The highest BCUT2D eigenvalue weighted by molar-refractivity contribution is 6.00. The molecule has 1 aromatic rings. The SMILES string of the molecule is O=C(O)C1=C(CF)NC2=C(C(=O)OC2)C1c1cc(F)cc(F)c1C(F)(F)F. The third-order valence-corrected chi connectivity index (χ3v) is 4.14. The van der Waals surface area contributed by atoms with Gasteiger partial charge in [-0.1, -0.05) is 0 Å². The number of carbonyl (C=O) groups is 2. The fraction of sp³-hybridized carbons (Fsp3) is 0.250. The number of aliphatic carboxylic acids is 1. The molecule has 11 heteroatoms. The highest BCUT2D eigenvalue weighted by Gasteiger charge is 2.47. The highest BCUT2D eigenvalue weighted by Crippen LogP contribution is 2.46. The number of carboxylic acids is 1. The minimum absolute atomic E-state index is 0.0180. The highest BCUT2D eigenvalue weighted by atomic mass is 19.4. The fourth-order valence-electron chi connectivity index (χ4n) is 3.17. The number of carboxylic acid groups (broad SMARTS) is 1. The number of ether oxygens (including phenoxy) is 1. The van der Waals surface area contributed by atoms with E-state index in [9.17, 15) is 41.0 Å². The molecule has 3 rings (SSSR count). The Morgan fingerprint density at radius 2 is 1.96 bits per heavy atom. The predicted octanol–water partition coefficient (Wildman–Crippen LogP) is 2.79. The number of esters is 1. The van der Waals surface area contributed by atoms with Gasteiger partial charge in [-0.05, 0) is 11.6 Å². The van der Waals surface area contributed by atoms with Gasteiger partial charge in [0.25, 0.3) is 0 Å². The molecule has 0 aromatic heterocycles. The topological polar surface area (TPSA) is 75.6 Å². The monoisotopic (exact) mass is 393 g/mol. The molecule has 2 heterocycles. The normalized spacial score (nSPS) is 19.8. The maximum Gasteiger partial charge on any atom is 0.419 e. The summed E-state index contributed by atoms with van der Waals surface area (Å²) in [6.07, 6.45) is -5.33. The summed E-state index contributed by atoms with van der Waals surface area (Å²) in [5.41, 5.74) is -5.44. The van der Waals surface area contributed by atoms with E-state index in [4.69, 9.17) is 0 Å². The Hall–Kier alpha value is -2.98. The Balaban J connectivity index is 2.38. The third kappa shape index (κ3) is 3.02. The van der Waals surface area contributed by atoms with Crippen molar-refractivity contribution in [1.82, 2.24) is 5.32 Å². The molecule has 5 nitrogen and oxygen atoms in total. The summed E-state index contributed by atoms with van der Waals surface area (Å²) in [6.45, 7) is -1.90. The Labute approximate surface area is 146 Å². The predicted molar refractivity (Wildman–Crippen MR) is 75.9 cm³/mol. The summed E-state index contributed by atoms with van der Waals surface area (Å²) in [7, 11) is 0. The molecule has 0 spiro atoms. The van der Waals surface area contributed by atoms with Gasteiger partial charge in [-0.3, -0.25) is 0 Å². The van der Waals surface area contributed by atoms with Crippen LogP contribution in [0.1, 0.15) is 17.0 Å². The second-order valence-corrected chi connectivity index (χ2v) is 5.71. The minimum Gasteiger partial charge on any atom is -0.478 e. The van der Waals surface area contributed by atoms with Crippen molar-refractivity contribution in [2.45, 2.75) is 12.1 Å². The number of nitrogens with one attached hydrogen (secondary N) is 1. The van der Waals surface area contributed by atoms with Crippen LogP contribution in [0.4, 0.5) is 26.3 Å². The second kappa shape index (κ2) is 6.32. The number of cyclic esters (lactones) is 1. The summed E-state index contributed by atoms with van der Waals surface area (Å²) in [6, 6.07) is 0.257. The largest absolute Gasteiger partial charge is 0.478 e. The number of halogens is 6. The fourth-order valence-corrected chi connectivity index (χ4v) is 3.17. The maximum atomic E-state index is 14.0. The van der Waals surface area contributed by atoms with Gasteiger partial charge in [0.05, 0.1) is 34.0 Å². The lowest BCUT2D eigenvalue weighted by Crippen LogP contribution is -2.32. The molecule has 1 unspecified atom stereocenters. The second-order valence-electron chi connectivity index (χ2n) is 5.71. The molecular formula is C16H9F6NO4. The lowest BCUT2D eigenvalue weighted by molar-refractivity contribution is -0.142. The molecule has 2 aliphatic rings. The first-order valence-electron chi connectivity index (χ1n) is 7.31. The van der Waals surface area contributed by atoms with Crippen LogP contribution in [-0.4, -0.2) is 30.3 Å². The zero-order valence-corrected chi connectivity index (χ0v) is 13.1. The van der Waals surface area contributed by atoms with E-state index >= 15 is 0 Å². The van der Waals surface area contributed by atoms with Crippen LogP contribution in [0.2, 0.25) is 0 Å². The van der Waals surface area contributed by atoms with Crippen LogP contribution >= 0.6 is 0 Å². The Morgan fingerprint density at radius 3 is 2.52 bits per heavy atom. The smallest absolute Gasteiger partial charge is 0.419 e. The first-order chi connectivity index (χ1) is 12.6. The summed E-state index contributed by atoms with van der Waals surface area (Å²) in [5.74, 6) is -8.51. The van der Waals surface area contributed by atoms with Crippen LogP contribution in [0.15, 0.2) is 34.7 Å². The van der Waals surface area contributed by atoms with Crippen molar-refractivity contribution < 1.29 is 45.8 Å². The Bertz CT molecular complexity index is 918. The van der Waals surface area contributed by atoms with Gasteiger partial charge in [-0.25, -0.2) is 22.8 Å². The number of carbonyl (C=O) groups excluding carboxylic acids is 1. The van der Waals surface area contributed by atoms with Crippen molar-refractivity contribution in [2.75, 3.05) is 13.3 Å². The Morgan fingerprint density at radius 1 is 1.30 bits per heavy atom. The summed E-state index contributed by atoms with van der Waals surface area (Å²) < 4.78 is 85.9. The number of hydrogen-bond donors (Lipinski definition) is 2.